The topological polar surface area (TPSA) is 35.5 Å². The van der Waals surface area contributed by atoms with E-state index in [9.17, 15) is 5.11 Å². The lowest BCUT2D eigenvalue weighted by Crippen LogP contribution is -2.50. The van der Waals surface area contributed by atoms with E-state index in [4.69, 9.17) is 0 Å². The Morgan fingerprint density at radius 2 is 1.40 bits per heavy atom. The van der Waals surface area contributed by atoms with Crippen molar-refractivity contribution in [2.24, 2.45) is 5.41 Å². The van der Waals surface area contributed by atoms with Crippen molar-refractivity contribution in [1.82, 2.24) is 10.2 Å². The van der Waals surface area contributed by atoms with Crippen LogP contribution >= 0.6 is 0 Å². The van der Waals surface area contributed by atoms with Gasteiger partial charge in [-0.05, 0) is 59.4 Å². The van der Waals surface area contributed by atoms with Gasteiger partial charge in [0.2, 0.25) is 0 Å². The van der Waals surface area contributed by atoms with Gasteiger partial charge in [-0.1, -0.05) is 20.8 Å². The zero-order chi connectivity index (χ0) is 16.0. The minimum Gasteiger partial charge on any atom is -0.389 e. The van der Waals surface area contributed by atoms with Gasteiger partial charge < -0.3 is 15.3 Å². The third-order valence-corrected chi connectivity index (χ3v) is 4.11. The molecule has 0 amide bonds. The van der Waals surface area contributed by atoms with Crippen molar-refractivity contribution in [3.05, 3.63) is 0 Å². The van der Waals surface area contributed by atoms with Crippen molar-refractivity contribution in [2.75, 3.05) is 26.2 Å². The Kier molecular flexibility index (Phi) is 7.72. The predicted molar refractivity (Wildman–Crippen MR) is 89.2 cm³/mol. The van der Waals surface area contributed by atoms with Crippen LogP contribution in [0.5, 0.6) is 0 Å². The maximum absolute atomic E-state index is 10.1. The Labute approximate surface area is 127 Å². The minimum atomic E-state index is -0.624. The average molecular weight is 287 g/mol. The quantitative estimate of drug-likeness (QED) is 0.683. The van der Waals surface area contributed by atoms with Crippen LogP contribution in [0.25, 0.3) is 0 Å². The van der Waals surface area contributed by atoms with E-state index in [1.54, 1.807) is 0 Å². The molecule has 0 bridgehead atoms. The van der Waals surface area contributed by atoms with Crippen LogP contribution in [0.1, 0.15) is 68.2 Å². The largest absolute Gasteiger partial charge is 0.389 e. The minimum absolute atomic E-state index is 0.156. The van der Waals surface area contributed by atoms with Crippen LogP contribution < -0.4 is 5.32 Å². The number of nitrogens with one attached hydrogen (secondary N) is 1. The summed E-state index contributed by atoms with van der Waals surface area (Å²) in [6, 6.07) is 0. The highest BCUT2D eigenvalue weighted by atomic mass is 16.3. The third kappa shape index (κ3) is 8.23. The van der Waals surface area contributed by atoms with Crippen LogP contribution in [0.2, 0.25) is 0 Å². The highest BCUT2D eigenvalue weighted by Gasteiger charge is 2.31. The van der Waals surface area contributed by atoms with Crippen LogP contribution in [-0.4, -0.2) is 47.3 Å². The van der Waals surface area contributed by atoms with Crippen molar-refractivity contribution >= 4 is 0 Å². The molecule has 3 heteroatoms. The molecule has 0 radical (unpaired) electrons. The van der Waals surface area contributed by atoms with Gasteiger partial charge in [-0.2, -0.15) is 0 Å². The van der Waals surface area contributed by atoms with E-state index < -0.39 is 5.60 Å². The number of rotatable bonds is 9. The summed E-state index contributed by atoms with van der Waals surface area (Å²) in [5, 5.41) is 13.7. The molecule has 0 saturated carbocycles. The first kappa shape index (κ1) is 19.9. The van der Waals surface area contributed by atoms with E-state index >= 15 is 0 Å². The molecule has 0 heterocycles. The molecule has 20 heavy (non-hydrogen) atoms. The molecule has 0 atom stereocenters. The first-order chi connectivity index (χ1) is 8.97. The van der Waals surface area contributed by atoms with E-state index in [2.05, 4.69) is 51.8 Å². The van der Waals surface area contributed by atoms with Gasteiger partial charge in [-0.15, -0.1) is 0 Å². The van der Waals surface area contributed by atoms with Gasteiger partial charge in [-0.3, -0.25) is 0 Å². The van der Waals surface area contributed by atoms with E-state index in [1.165, 1.54) is 0 Å². The van der Waals surface area contributed by atoms with Crippen LogP contribution in [0, 0.1) is 5.41 Å². The first-order valence-electron chi connectivity index (χ1n) is 8.16. The van der Waals surface area contributed by atoms with Gasteiger partial charge in [-0.25, -0.2) is 0 Å². The summed E-state index contributed by atoms with van der Waals surface area (Å²) in [5.41, 5.74) is -0.182. The summed E-state index contributed by atoms with van der Waals surface area (Å²) in [4.78, 5) is 2.39. The number of likely N-dealkylation sites (N-methyl/N-ethyl adjacent to an activating group) is 1. The standard InChI is InChI=1S/C17H38N2O/c1-9-17(10-2,12-18-15(4,5)6)14-19(11-3)13-16(7,8)20/h18,20H,9-14H2,1-8H3. The molecule has 0 aromatic carbocycles. The van der Waals surface area contributed by atoms with Crippen LogP contribution in [0.15, 0.2) is 0 Å². The van der Waals surface area contributed by atoms with Crippen LogP contribution in [0.4, 0.5) is 0 Å². The van der Waals surface area contributed by atoms with Gasteiger partial charge in [0.1, 0.15) is 0 Å². The summed E-state index contributed by atoms with van der Waals surface area (Å²) in [6.07, 6.45) is 2.32. The Morgan fingerprint density at radius 3 is 1.70 bits per heavy atom. The molecule has 0 unspecified atom stereocenters. The second-order valence-corrected chi connectivity index (χ2v) is 7.93. The van der Waals surface area contributed by atoms with Gasteiger partial charge in [0.05, 0.1) is 5.60 Å². The number of aliphatic hydroxyl groups is 1. The molecule has 0 aliphatic rings. The van der Waals surface area contributed by atoms with Gasteiger partial charge >= 0.3 is 0 Å². The number of hydrogen-bond donors (Lipinski definition) is 2. The summed E-state index contributed by atoms with van der Waals surface area (Å²) in [7, 11) is 0. The van der Waals surface area contributed by atoms with E-state index in [1.807, 2.05) is 13.8 Å². The highest BCUT2D eigenvalue weighted by Crippen LogP contribution is 2.28. The molecule has 0 aliphatic heterocycles. The molecule has 0 aromatic rings. The third-order valence-electron chi connectivity index (χ3n) is 4.11. The molecule has 0 fully saturated rings. The van der Waals surface area contributed by atoms with Crippen molar-refractivity contribution in [1.29, 1.82) is 0 Å². The summed E-state index contributed by atoms with van der Waals surface area (Å²) in [5.74, 6) is 0. The Balaban J connectivity index is 4.79. The molecular weight excluding hydrogens is 248 g/mol. The fourth-order valence-corrected chi connectivity index (χ4v) is 2.53. The molecular formula is C17H38N2O. The smallest absolute Gasteiger partial charge is 0.0718 e. The lowest BCUT2D eigenvalue weighted by molar-refractivity contribution is 0.0189. The van der Waals surface area contributed by atoms with E-state index in [0.29, 0.717) is 0 Å². The second kappa shape index (κ2) is 7.77. The monoisotopic (exact) mass is 286 g/mol. The molecule has 2 N–H and O–H groups in total. The zero-order valence-corrected chi connectivity index (χ0v) is 15.1. The predicted octanol–water partition coefficient (Wildman–Crippen LogP) is 3.27. The van der Waals surface area contributed by atoms with Gasteiger partial charge in [0.15, 0.2) is 0 Å². The van der Waals surface area contributed by atoms with E-state index in [0.717, 1.165) is 39.0 Å². The Hall–Kier alpha value is -0.120. The summed E-state index contributed by atoms with van der Waals surface area (Å²) >= 11 is 0. The molecule has 0 aromatic heterocycles. The van der Waals surface area contributed by atoms with Crippen molar-refractivity contribution in [3.8, 4) is 0 Å². The number of nitrogens with zero attached hydrogens (tertiary/aromatic N) is 1. The normalized spacial score (nSPS) is 14.1. The average Bonchev–Trinajstić information content (AvgIpc) is 2.30. The highest BCUT2D eigenvalue weighted by molar-refractivity contribution is 4.87. The zero-order valence-electron chi connectivity index (χ0n) is 15.1. The lowest BCUT2D eigenvalue weighted by Gasteiger charge is -2.40. The van der Waals surface area contributed by atoms with Crippen LogP contribution in [0.3, 0.4) is 0 Å². The van der Waals surface area contributed by atoms with Gasteiger partial charge in [0.25, 0.3) is 0 Å². The molecule has 3 nitrogen and oxygen atoms in total. The Bertz CT molecular complexity index is 259. The summed E-state index contributed by atoms with van der Waals surface area (Å²) in [6.45, 7) is 21.0. The van der Waals surface area contributed by atoms with Crippen molar-refractivity contribution in [2.45, 2.75) is 79.4 Å². The number of hydrogen-bond acceptors (Lipinski definition) is 3. The molecule has 0 rings (SSSR count). The maximum Gasteiger partial charge on any atom is 0.0718 e. The van der Waals surface area contributed by atoms with E-state index in [-0.39, 0.29) is 11.0 Å². The molecule has 122 valence electrons. The summed E-state index contributed by atoms with van der Waals surface area (Å²) < 4.78 is 0. The van der Waals surface area contributed by atoms with Crippen molar-refractivity contribution < 1.29 is 5.11 Å². The SMILES string of the molecule is CCN(CC(C)(C)O)CC(CC)(CC)CNC(C)(C)C. The Morgan fingerprint density at radius 1 is 0.900 bits per heavy atom. The van der Waals surface area contributed by atoms with Crippen LogP contribution in [-0.2, 0) is 0 Å². The lowest BCUT2D eigenvalue weighted by atomic mass is 9.80. The molecule has 0 aliphatic carbocycles. The molecule has 0 saturated heterocycles. The second-order valence-electron chi connectivity index (χ2n) is 7.93. The maximum atomic E-state index is 10.1. The van der Waals surface area contributed by atoms with Gasteiger partial charge in [0, 0.05) is 25.2 Å². The van der Waals surface area contributed by atoms with Crippen molar-refractivity contribution in [3.63, 3.8) is 0 Å². The fraction of sp³-hybridized carbons (Fsp3) is 1.00. The molecule has 0 spiro atoms. The first-order valence-corrected chi connectivity index (χ1v) is 8.16. The fourth-order valence-electron chi connectivity index (χ4n) is 2.53.